The van der Waals surface area contributed by atoms with E-state index in [9.17, 15) is 0 Å². The number of hydrogen-bond donors (Lipinski definition) is 0. The Hall–Kier alpha value is -6.58. The standard InChI is InChI=1S/C46H29NO2/c1-2-12-32-29-33(24-23-30(32)11-1)35-13-3-6-17-39(35)47(40-18-10-22-44-46(40)38-15-5-8-20-42(38)49-44)34-27-25-31(26-28-34)36-16-9-21-43-45(36)37-14-4-7-19-41(37)48-43/h1-29H. The number of nitrogens with zero attached hydrogens (tertiary/aromatic N) is 1. The molecule has 3 nitrogen and oxygen atoms in total. The highest BCUT2D eigenvalue weighted by Crippen LogP contribution is 2.46. The second kappa shape index (κ2) is 11.0. The maximum Gasteiger partial charge on any atom is 0.137 e. The van der Waals surface area contributed by atoms with Crippen molar-refractivity contribution in [1.82, 2.24) is 0 Å². The van der Waals surface area contributed by atoms with Crippen molar-refractivity contribution >= 4 is 71.7 Å². The van der Waals surface area contributed by atoms with E-state index in [0.717, 1.165) is 77.6 Å². The number of fused-ring (bicyclic) bond motifs is 7. The second-order valence-corrected chi connectivity index (χ2v) is 12.5. The van der Waals surface area contributed by atoms with E-state index in [4.69, 9.17) is 8.83 Å². The molecule has 49 heavy (non-hydrogen) atoms. The highest BCUT2D eigenvalue weighted by atomic mass is 16.3. The first-order valence-corrected chi connectivity index (χ1v) is 16.6. The maximum atomic E-state index is 6.39. The van der Waals surface area contributed by atoms with Crippen LogP contribution < -0.4 is 4.90 Å². The first kappa shape index (κ1) is 27.5. The summed E-state index contributed by atoms with van der Waals surface area (Å²) in [6, 6.07) is 62.1. The largest absolute Gasteiger partial charge is 0.456 e. The molecule has 0 atom stereocenters. The molecule has 0 saturated carbocycles. The smallest absolute Gasteiger partial charge is 0.137 e. The Kier molecular flexibility index (Phi) is 6.18. The van der Waals surface area contributed by atoms with Crippen LogP contribution in [-0.4, -0.2) is 0 Å². The average molecular weight is 628 g/mol. The van der Waals surface area contributed by atoms with Gasteiger partial charge in [0.05, 0.1) is 16.8 Å². The molecule has 0 amide bonds. The lowest BCUT2D eigenvalue weighted by Gasteiger charge is -2.28. The van der Waals surface area contributed by atoms with Crippen LogP contribution >= 0.6 is 0 Å². The molecule has 0 N–H and O–H groups in total. The first-order chi connectivity index (χ1) is 24.3. The summed E-state index contributed by atoms with van der Waals surface area (Å²) < 4.78 is 12.6. The van der Waals surface area contributed by atoms with Gasteiger partial charge < -0.3 is 13.7 Å². The molecule has 8 aromatic carbocycles. The fourth-order valence-corrected chi connectivity index (χ4v) is 7.43. The van der Waals surface area contributed by atoms with Gasteiger partial charge in [0.25, 0.3) is 0 Å². The zero-order chi connectivity index (χ0) is 32.3. The number of rotatable bonds is 5. The van der Waals surface area contributed by atoms with Crippen molar-refractivity contribution in [3.63, 3.8) is 0 Å². The normalized spacial score (nSPS) is 11.7. The van der Waals surface area contributed by atoms with Crippen LogP contribution in [0.5, 0.6) is 0 Å². The van der Waals surface area contributed by atoms with Gasteiger partial charge in [0.15, 0.2) is 0 Å². The molecule has 0 radical (unpaired) electrons. The van der Waals surface area contributed by atoms with Gasteiger partial charge in [-0.05, 0) is 82.1 Å². The second-order valence-electron chi connectivity index (χ2n) is 12.5. The van der Waals surface area contributed by atoms with Crippen LogP contribution in [0.25, 0.3) is 76.9 Å². The fraction of sp³-hybridized carbons (Fsp3) is 0. The molecule has 2 heterocycles. The molecule has 230 valence electrons. The molecule has 0 spiro atoms. The Morgan fingerprint density at radius 1 is 0.347 bits per heavy atom. The van der Waals surface area contributed by atoms with E-state index in [-0.39, 0.29) is 0 Å². The third-order valence-corrected chi connectivity index (χ3v) is 9.67. The average Bonchev–Trinajstić information content (AvgIpc) is 3.74. The Labute approximate surface area is 282 Å². The molecule has 3 heteroatoms. The van der Waals surface area contributed by atoms with Gasteiger partial charge in [-0.1, -0.05) is 121 Å². The number of benzene rings is 8. The van der Waals surface area contributed by atoms with Crippen molar-refractivity contribution in [1.29, 1.82) is 0 Å². The predicted molar refractivity (Wildman–Crippen MR) is 204 cm³/mol. The molecule has 0 aliphatic heterocycles. The topological polar surface area (TPSA) is 29.5 Å². The molecule has 0 aliphatic carbocycles. The lowest BCUT2D eigenvalue weighted by atomic mass is 9.97. The zero-order valence-electron chi connectivity index (χ0n) is 26.5. The van der Waals surface area contributed by atoms with Crippen LogP contribution in [-0.2, 0) is 0 Å². The Balaban J connectivity index is 1.20. The van der Waals surface area contributed by atoms with E-state index in [1.165, 1.54) is 16.3 Å². The Bertz CT molecular complexity index is 2840. The van der Waals surface area contributed by atoms with Gasteiger partial charge in [-0.15, -0.1) is 0 Å². The summed E-state index contributed by atoms with van der Waals surface area (Å²) in [7, 11) is 0. The minimum absolute atomic E-state index is 0.863. The van der Waals surface area contributed by atoms with Crippen LogP contribution in [0.3, 0.4) is 0 Å². The lowest BCUT2D eigenvalue weighted by Crippen LogP contribution is -2.11. The van der Waals surface area contributed by atoms with Crippen molar-refractivity contribution in [3.05, 3.63) is 176 Å². The highest BCUT2D eigenvalue weighted by Gasteiger charge is 2.22. The van der Waals surface area contributed by atoms with Gasteiger partial charge >= 0.3 is 0 Å². The van der Waals surface area contributed by atoms with Crippen LogP contribution in [0.15, 0.2) is 185 Å². The van der Waals surface area contributed by atoms with E-state index in [2.05, 4.69) is 157 Å². The SMILES string of the molecule is c1ccc(N(c2ccc(-c3cccc4oc5ccccc5c34)cc2)c2cccc3oc4ccccc4c23)c(-c2ccc3ccccc3c2)c1. The summed E-state index contributed by atoms with van der Waals surface area (Å²) in [5.74, 6) is 0. The van der Waals surface area contributed by atoms with Gasteiger partial charge in [-0.3, -0.25) is 0 Å². The van der Waals surface area contributed by atoms with Gasteiger partial charge in [0, 0.05) is 27.4 Å². The Morgan fingerprint density at radius 3 is 1.69 bits per heavy atom. The minimum atomic E-state index is 0.863. The van der Waals surface area contributed by atoms with Crippen molar-refractivity contribution in [3.8, 4) is 22.3 Å². The monoisotopic (exact) mass is 627 g/mol. The molecule has 10 aromatic rings. The number of furan rings is 2. The summed E-state index contributed by atoms with van der Waals surface area (Å²) in [4.78, 5) is 2.38. The van der Waals surface area contributed by atoms with Crippen LogP contribution in [0.1, 0.15) is 0 Å². The summed E-state index contributed by atoms with van der Waals surface area (Å²) in [5, 5.41) is 6.89. The van der Waals surface area contributed by atoms with Gasteiger partial charge in [-0.25, -0.2) is 0 Å². The van der Waals surface area contributed by atoms with E-state index < -0.39 is 0 Å². The van der Waals surface area contributed by atoms with E-state index >= 15 is 0 Å². The minimum Gasteiger partial charge on any atom is -0.456 e. The van der Waals surface area contributed by atoms with Crippen LogP contribution in [0.4, 0.5) is 17.1 Å². The molecule has 0 fully saturated rings. The first-order valence-electron chi connectivity index (χ1n) is 16.6. The lowest BCUT2D eigenvalue weighted by molar-refractivity contribution is 0.668. The van der Waals surface area contributed by atoms with E-state index in [1.54, 1.807) is 0 Å². The predicted octanol–water partition coefficient (Wildman–Crippen LogP) is 13.4. The summed E-state index contributed by atoms with van der Waals surface area (Å²) >= 11 is 0. The molecular weight excluding hydrogens is 599 g/mol. The van der Waals surface area contributed by atoms with Crippen LogP contribution in [0, 0.1) is 0 Å². The number of hydrogen-bond acceptors (Lipinski definition) is 3. The number of anilines is 3. The molecule has 2 aromatic heterocycles. The summed E-state index contributed by atoms with van der Waals surface area (Å²) in [6.07, 6.45) is 0. The summed E-state index contributed by atoms with van der Waals surface area (Å²) in [5.41, 5.74) is 11.3. The van der Waals surface area contributed by atoms with Gasteiger partial charge in [0.1, 0.15) is 22.3 Å². The molecule has 0 saturated heterocycles. The van der Waals surface area contributed by atoms with Crippen molar-refractivity contribution < 1.29 is 8.83 Å². The van der Waals surface area contributed by atoms with Gasteiger partial charge in [-0.2, -0.15) is 0 Å². The zero-order valence-corrected chi connectivity index (χ0v) is 26.5. The maximum absolute atomic E-state index is 6.39. The van der Waals surface area contributed by atoms with Crippen molar-refractivity contribution in [2.75, 3.05) is 4.90 Å². The fourth-order valence-electron chi connectivity index (χ4n) is 7.43. The molecule has 0 bridgehead atoms. The third-order valence-electron chi connectivity index (χ3n) is 9.67. The highest BCUT2D eigenvalue weighted by molar-refractivity contribution is 6.14. The molecule has 0 aliphatic rings. The Morgan fingerprint density at radius 2 is 0.898 bits per heavy atom. The quantitative estimate of drug-likeness (QED) is 0.190. The van der Waals surface area contributed by atoms with Gasteiger partial charge in [0.2, 0.25) is 0 Å². The van der Waals surface area contributed by atoms with E-state index in [0.29, 0.717) is 0 Å². The van der Waals surface area contributed by atoms with Crippen molar-refractivity contribution in [2.24, 2.45) is 0 Å². The van der Waals surface area contributed by atoms with Crippen molar-refractivity contribution in [2.45, 2.75) is 0 Å². The third kappa shape index (κ3) is 4.44. The molecule has 10 rings (SSSR count). The molecular formula is C46H29NO2. The summed E-state index contributed by atoms with van der Waals surface area (Å²) in [6.45, 7) is 0. The molecule has 0 unspecified atom stereocenters. The van der Waals surface area contributed by atoms with E-state index in [1.807, 2.05) is 24.3 Å². The van der Waals surface area contributed by atoms with Crippen LogP contribution in [0.2, 0.25) is 0 Å². The number of para-hydroxylation sites is 3.